The van der Waals surface area contributed by atoms with Gasteiger partial charge >= 0.3 is 0 Å². The van der Waals surface area contributed by atoms with E-state index < -0.39 is 0 Å². The SMILES string of the molecule is Cc1ccc(CNC(=S)N2CCc3ccccc32)cc1. The number of aryl methyl sites for hydroxylation is 1. The Labute approximate surface area is 125 Å². The molecule has 2 aromatic carbocycles. The maximum Gasteiger partial charge on any atom is 0.173 e. The molecule has 0 saturated carbocycles. The van der Waals surface area contributed by atoms with Gasteiger partial charge in [0.1, 0.15) is 0 Å². The third-order valence-electron chi connectivity index (χ3n) is 3.70. The summed E-state index contributed by atoms with van der Waals surface area (Å²) < 4.78 is 0. The van der Waals surface area contributed by atoms with Gasteiger partial charge in [0.25, 0.3) is 0 Å². The van der Waals surface area contributed by atoms with Crippen molar-refractivity contribution in [3.8, 4) is 0 Å². The normalized spacial score (nSPS) is 13.2. The second-order valence-corrected chi connectivity index (χ2v) is 5.56. The zero-order chi connectivity index (χ0) is 13.9. The van der Waals surface area contributed by atoms with Gasteiger partial charge in [-0.1, -0.05) is 48.0 Å². The van der Waals surface area contributed by atoms with Gasteiger partial charge in [0, 0.05) is 18.8 Å². The van der Waals surface area contributed by atoms with E-state index in [0.717, 1.165) is 24.6 Å². The summed E-state index contributed by atoms with van der Waals surface area (Å²) in [5.74, 6) is 0. The minimum Gasteiger partial charge on any atom is -0.358 e. The fraction of sp³-hybridized carbons (Fsp3) is 0.235. The Hall–Kier alpha value is -1.87. The molecule has 1 aliphatic rings. The van der Waals surface area contributed by atoms with Gasteiger partial charge in [-0.15, -0.1) is 0 Å². The molecule has 0 spiro atoms. The quantitative estimate of drug-likeness (QED) is 0.850. The Bertz CT molecular complexity index is 619. The molecule has 0 amide bonds. The lowest BCUT2D eigenvalue weighted by Crippen LogP contribution is -2.38. The first-order chi connectivity index (χ1) is 9.74. The van der Waals surface area contributed by atoms with Crippen LogP contribution < -0.4 is 10.2 Å². The third-order valence-corrected chi connectivity index (χ3v) is 4.06. The highest BCUT2D eigenvalue weighted by Gasteiger charge is 2.21. The molecule has 0 aromatic heterocycles. The first kappa shape index (κ1) is 13.1. The predicted octanol–water partition coefficient (Wildman–Crippen LogP) is 3.43. The Morgan fingerprint density at radius 1 is 1.15 bits per heavy atom. The van der Waals surface area contributed by atoms with Crippen molar-refractivity contribution in [3.05, 3.63) is 65.2 Å². The zero-order valence-electron chi connectivity index (χ0n) is 11.6. The van der Waals surface area contributed by atoms with Crippen molar-refractivity contribution in [1.29, 1.82) is 0 Å². The number of nitrogens with one attached hydrogen (secondary N) is 1. The van der Waals surface area contributed by atoms with Crippen LogP contribution in [0.4, 0.5) is 5.69 Å². The highest BCUT2D eigenvalue weighted by Crippen LogP contribution is 2.27. The fourth-order valence-corrected chi connectivity index (χ4v) is 2.79. The van der Waals surface area contributed by atoms with E-state index in [-0.39, 0.29) is 0 Å². The van der Waals surface area contributed by atoms with Gasteiger partial charge in [0.05, 0.1) is 0 Å². The van der Waals surface area contributed by atoms with Crippen LogP contribution in [0.25, 0.3) is 0 Å². The summed E-state index contributed by atoms with van der Waals surface area (Å²) in [6.07, 6.45) is 1.07. The minimum atomic E-state index is 0.776. The molecule has 0 fully saturated rings. The number of hydrogen-bond donors (Lipinski definition) is 1. The summed E-state index contributed by atoms with van der Waals surface area (Å²) in [5.41, 5.74) is 5.16. The number of anilines is 1. The molecule has 3 rings (SSSR count). The Morgan fingerprint density at radius 2 is 1.90 bits per heavy atom. The van der Waals surface area contributed by atoms with E-state index in [0.29, 0.717) is 0 Å². The second-order valence-electron chi connectivity index (χ2n) is 5.17. The summed E-state index contributed by atoms with van der Waals surface area (Å²) >= 11 is 5.53. The van der Waals surface area contributed by atoms with Crippen molar-refractivity contribution in [2.24, 2.45) is 0 Å². The van der Waals surface area contributed by atoms with Crippen LogP contribution in [0.3, 0.4) is 0 Å². The topological polar surface area (TPSA) is 15.3 Å². The molecule has 0 unspecified atom stereocenters. The Balaban J connectivity index is 1.65. The summed E-state index contributed by atoms with van der Waals surface area (Å²) in [6, 6.07) is 17.0. The number of nitrogens with zero attached hydrogens (tertiary/aromatic N) is 1. The van der Waals surface area contributed by atoms with Crippen LogP contribution in [0, 0.1) is 6.92 Å². The molecule has 0 aliphatic carbocycles. The lowest BCUT2D eigenvalue weighted by Gasteiger charge is -2.21. The van der Waals surface area contributed by atoms with Crippen LogP contribution in [-0.2, 0) is 13.0 Å². The lowest BCUT2D eigenvalue weighted by molar-refractivity contribution is 0.889. The van der Waals surface area contributed by atoms with Gasteiger partial charge in [-0.2, -0.15) is 0 Å². The second kappa shape index (κ2) is 5.63. The highest BCUT2D eigenvalue weighted by atomic mass is 32.1. The summed E-state index contributed by atoms with van der Waals surface area (Å²) in [5, 5.41) is 4.17. The van der Waals surface area contributed by atoms with Crippen molar-refractivity contribution in [3.63, 3.8) is 0 Å². The van der Waals surface area contributed by atoms with E-state index >= 15 is 0 Å². The maximum atomic E-state index is 5.53. The van der Waals surface area contributed by atoms with Crippen molar-refractivity contribution in [2.75, 3.05) is 11.4 Å². The fourth-order valence-electron chi connectivity index (χ4n) is 2.53. The number of thiocarbonyl (C=S) groups is 1. The number of hydrogen-bond acceptors (Lipinski definition) is 1. The molecule has 0 radical (unpaired) electrons. The number of benzene rings is 2. The van der Waals surface area contributed by atoms with E-state index in [2.05, 4.69) is 65.7 Å². The zero-order valence-corrected chi connectivity index (χ0v) is 12.4. The first-order valence-electron chi connectivity index (χ1n) is 6.93. The molecule has 2 aromatic rings. The summed E-state index contributed by atoms with van der Waals surface area (Å²) in [6.45, 7) is 3.85. The van der Waals surface area contributed by atoms with Crippen LogP contribution in [0.5, 0.6) is 0 Å². The third kappa shape index (κ3) is 2.68. The van der Waals surface area contributed by atoms with Crippen molar-refractivity contribution < 1.29 is 0 Å². The van der Waals surface area contributed by atoms with Gasteiger partial charge in [-0.3, -0.25) is 0 Å². The highest BCUT2D eigenvalue weighted by molar-refractivity contribution is 7.80. The standard InChI is InChI=1S/C17H18N2S/c1-13-6-8-14(9-7-13)12-18-17(20)19-11-10-15-4-2-3-5-16(15)19/h2-9H,10-12H2,1H3,(H,18,20). The maximum absolute atomic E-state index is 5.53. The molecular weight excluding hydrogens is 264 g/mol. The molecule has 0 atom stereocenters. The predicted molar refractivity (Wildman–Crippen MR) is 88.1 cm³/mol. The lowest BCUT2D eigenvalue weighted by atomic mass is 10.1. The van der Waals surface area contributed by atoms with E-state index in [4.69, 9.17) is 12.2 Å². The molecule has 2 nitrogen and oxygen atoms in total. The van der Waals surface area contributed by atoms with E-state index in [1.807, 2.05) is 0 Å². The first-order valence-corrected chi connectivity index (χ1v) is 7.34. The molecule has 1 heterocycles. The van der Waals surface area contributed by atoms with Crippen molar-refractivity contribution in [2.45, 2.75) is 19.9 Å². The minimum absolute atomic E-state index is 0.776. The van der Waals surface area contributed by atoms with Crippen molar-refractivity contribution >= 4 is 23.0 Å². The largest absolute Gasteiger partial charge is 0.358 e. The molecule has 3 heteroatoms. The van der Waals surface area contributed by atoms with E-state index in [1.54, 1.807) is 0 Å². The number of fused-ring (bicyclic) bond motifs is 1. The molecule has 20 heavy (non-hydrogen) atoms. The van der Waals surface area contributed by atoms with Gasteiger partial charge < -0.3 is 10.2 Å². The van der Waals surface area contributed by atoms with Crippen LogP contribution in [0.15, 0.2) is 48.5 Å². The van der Waals surface area contributed by atoms with Crippen LogP contribution >= 0.6 is 12.2 Å². The monoisotopic (exact) mass is 282 g/mol. The van der Waals surface area contributed by atoms with Crippen LogP contribution in [0.2, 0.25) is 0 Å². The Kier molecular flexibility index (Phi) is 3.70. The van der Waals surface area contributed by atoms with Crippen LogP contribution in [0.1, 0.15) is 16.7 Å². The number of rotatable bonds is 2. The molecule has 0 bridgehead atoms. The summed E-state index contributed by atoms with van der Waals surface area (Å²) in [4.78, 5) is 2.19. The molecule has 0 saturated heterocycles. The molecule has 102 valence electrons. The molecular formula is C17H18N2S. The van der Waals surface area contributed by atoms with Gasteiger partial charge in [0.2, 0.25) is 0 Å². The van der Waals surface area contributed by atoms with E-state index in [9.17, 15) is 0 Å². The smallest absolute Gasteiger partial charge is 0.173 e. The van der Waals surface area contributed by atoms with Gasteiger partial charge in [0.15, 0.2) is 5.11 Å². The molecule has 1 aliphatic heterocycles. The van der Waals surface area contributed by atoms with Crippen molar-refractivity contribution in [1.82, 2.24) is 5.32 Å². The summed E-state index contributed by atoms with van der Waals surface area (Å²) in [7, 11) is 0. The van der Waals surface area contributed by atoms with E-state index in [1.165, 1.54) is 22.4 Å². The average Bonchev–Trinajstić information content (AvgIpc) is 2.90. The van der Waals surface area contributed by atoms with Gasteiger partial charge in [-0.25, -0.2) is 0 Å². The van der Waals surface area contributed by atoms with Crippen LogP contribution in [-0.4, -0.2) is 11.7 Å². The number of para-hydroxylation sites is 1. The van der Waals surface area contributed by atoms with Gasteiger partial charge in [-0.05, 0) is 42.8 Å². The average molecular weight is 282 g/mol. The Morgan fingerprint density at radius 3 is 2.70 bits per heavy atom. The molecule has 1 N–H and O–H groups in total.